The molecule has 7 heteroatoms. The van der Waals surface area contributed by atoms with Gasteiger partial charge < -0.3 is 14.7 Å². The van der Waals surface area contributed by atoms with Gasteiger partial charge in [-0.1, -0.05) is 47.1 Å². The van der Waals surface area contributed by atoms with Gasteiger partial charge in [-0.2, -0.15) is 4.98 Å². The van der Waals surface area contributed by atoms with E-state index in [1.54, 1.807) is 12.1 Å². The number of aryl methyl sites for hydroxylation is 1. The van der Waals surface area contributed by atoms with E-state index >= 15 is 0 Å². The molecule has 1 N–H and O–H groups in total. The van der Waals surface area contributed by atoms with Gasteiger partial charge in [-0.25, -0.2) is 0 Å². The lowest BCUT2D eigenvalue weighted by molar-refractivity contribution is -0.122. The second-order valence-corrected chi connectivity index (χ2v) is 7.25. The molecule has 1 aromatic heterocycles. The number of nitrogens with one attached hydrogen (secondary N) is 1. The summed E-state index contributed by atoms with van der Waals surface area (Å²) in [5, 5.41) is 7.72. The Bertz CT molecular complexity index is 894. The minimum atomic E-state index is -0.0731. The Morgan fingerprint density at radius 3 is 2.54 bits per heavy atom. The van der Waals surface area contributed by atoms with Gasteiger partial charge in [0.1, 0.15) is 0 Å². The van der Waals surface area contributed by atoms with E-state index in [2.05, 4.69) is 15.5 Å². The lowest BCUT2D eigenvalue weighted by Gasteiger charge is -2.22. The Morgan fingerprint density at radius 2 is 1.86 bits per heavy atom. The molecule has 0 fully saturated rings. The van der Waals surface area contributed by atoms with Crippen molar-refractivity contribution in [3.63, 3.8) is 0 Å². The number of amides is 1. The first-order chi connectivity index (χ1) is 13.5. The van der Waals surface area contributed by atoms with Crippen LogP contribution in [0.3, 0.4) is 0 Å². The second kappa shape index (κ2) is 9.48. The molecule has 3 rings (SSSR count). The molecule has 0 unspecified atom stereocenters. The Labute approximate surface area is 169 Å². The molecular formula is C21H23ClN4O2. The van der Waals surface area contributed by atoms with Crippen LogP contribution in [0, 0.1) is 0 Å². The number of benzene rings is 2. The summed E-state index contributed by atoms with van der Waals surface area (Å²) in [5.41, 5.74) is 1.89. The van der Waals surface area contributed by atoms with Gasteiger partial charge >= 0.3 is 0 Å². The Hall–Kier alpha value is -2.70. The molecule has 1 amide bonds. The van der Waals surface area contributed by atoms with Gasteiger partial charge in [0.25, 0.3) is 0 Å². The topological polar surface area (TPSA) is 71.3 Å². The smallest absolute Gasteiger partial charge is 0.227 e. The van der Waals surface area contributed by atoms with E-state index in [4.69, 9.17) is 16.1 Å². The molecule has 0 saturated heterocycles. The molecule has 0 spiro atoms. The average molecular weight is 399 g/mol. The van der Waals surface area contributed by atoms with Crippen LogP contribution in [-0.4, -0.2) is 41.6 Å². The number of carbonyl (C=O) groups excluding carboxylic acids is 1. The number of nitrogens with zero attached hydrogens (tertiary/aromatic N) is 3. The number of likely N-dealkylation sites (N-methyl/N-ethyl adjacent to an activating group) is 1. The number of hydrogen-bond donors (Lipinski definition) is 1. The third-order valence-corrected chi connectivity index (χ3v) is 4.47. The molecular weight excluding hydrogens is 376 g/mol. The Morgan fingerprint density at radius 1 is 1.14 bits per heavy atom. The van der Waals surface area contributed by atoms with E-state index in [-0.39, 0.29) is 18.4 Å². The van der Waals surface area contributed by atoms with Gasteiger partial charge in [0, 0.05) is 30.0 Å². The van der Waals surface area contributed by atoms with Crippen molar-refractivity contribution in [2.45, 2.75) is 18.9 Å². The van der Waals surface area contributed by atoms with Crippen molar-refractivity contribution in [1.82, 2.24) is 20.4 Å². The maximum absolute atomic E-state index is 12.5. The first-order valence-corrected chi connectivity index (χ1v) is 9.46. The first-order valence-electron chi connectivity index (χ1n) is 9.09. The highest BCUT2D eigenvalue weighted by molar-refractivity contribution is 6.30. The van der Waals surface area contributed by atoms with Gasteiger partial charge in [0.2, 0.25) is 17.6 Å². The van der Waals surface area contributed by atoms with Gasteiger partial charge in [-0.15, -0.1) is 0 Å². The molecule has 0 aliphatic carbocycles. The van der Waals surface area contributed by atoms with Gasteiger partial charge in [-0.05, 0) is 43.9 Å². The summed E-state index contributed by atoms with van der Waals surface area (Å²) in [6.07, 6.45) is 0.662. The maximum atomic E-state index is 12.5. The highest BCUT2D eigenvalue weighted by Crippen LogP contribution is 2.19. The van der Waals surface area contributed by atoms with E-state index in [0.29, 0.717) is 23.2 Å². The van der Waals surface area contributed by atoms with Crippen molar-refractivity contribution in [2.24, 2.45) is 0 Å². The van der Waals surface area contributed by atoms with Crippen LogP contribution >= 0.6 is 11.6 Å². The van der Waals surface area contributed by atoms with E-state index in [0.717, 1.165) is 17.7 Å². The molecule has 146 valence electrons. The van der Waals surface area contributed by atoms with Crippen LogP contribution in [-0.2, 0) is 11.2 Å². The molecule has 0 aliphatic heterocycles. The summed E-state index contributed by atoms with van der Waals surface area (Å²) in [6, 6.07) is 17.1. The van der Waals surface area contributed by atoms with Crippen molar-refractivity contribution in [3.05, 3.63) is 71.1 Å². The predicted molar refractivity (Wildman–Crippen MR) is 109 cm³/mol. The number of aromatic nitrogens is 2. The summed E-state index contributed by atoms with van der Waals surface area (Å²) < 4.78 is 5.27. The third-order valence-electron chi connectivity index (χ3n) is 4.22. The maximum Gasteiger partial charge on any atom is 0.227 e. The molecule has 2 aromatic carbocycles. The minimum Gasteiger partial charge on any atom is -0.348 e. The van der Waals surface area contributed by atoms with Gasteiger partial charge in [0.05, 0.1) is 6.04 Å². The van der Waals surface area contributed by atoms with E-state index in [9.17, 15) is 4.79 Å². The normalized spacial score (nSPS) is 12.1. The Kier molecular flexibility index (Phi) is 6.79. The molecule has 1 atom stereocenters. The van der Waals surface area contributed by atoms with Crippen LogP contribution < -0.4 is 5.32 Å². The molecule has 3 aromatic rings. The van der Waals surface area contributed by atoms with E-state index in [1.165, 1.54) is 0 Å². The van der Waals surface area contributed by atoms with Crippen LogP contribution in [0.15, 0.2) is 59.1 Å². The molecule has 0 radical (unpaired) electrons. The predicted octanol–water partition coefficient (Wildman–Crippen LogP) is 3.74. The molecule has 6 nitrogen and oxygen atoms in total. The summed E-state index contributed by atoms with van der Waals surface area (Å²) in [6.45, 7) is 0.719. The van der Waals surface area contributed by atoms with Crippen LogP contribution in [0.25, 0.3) is 11.4 Å². The van der Waals surface area contributed by atoms with Crippen LogP contribution in [0.5, 0.6) is 0 Å². The third kappa shape index (κ3) is 5.65. The van der Waals surface area contributed by atoms with Crippen LogP contribution in [0.4, 0.5) is 0 Å². The Balaban J connectivity index is 1.58. The van der Waals surface area contributed by atoms with Crippen molar-refractivity contribution >= 4 is 17.5 Å². The zero-order valence-electron chi connectivity index (χ0n) is 15.9. The number of halogens is 1. The molecule has 0 bridgehead atoms. The number of hydrogen-bond acceptors (Lipinski definition) is 5. The summed E-state index contributed by atoms with van der Waals surface area (Å²) in [5.74, 6) is 0.868. The van der Waals surface area contributed by atoms with Crippen molar-refractivity contribution in [1.29, 1.82) is 0 Å². The summed E-state index contributed by atoms with van der Waals surface area (Å²) in [4.78, 5) is 18.9. The van der Waals surface area contributed by atoms with Crippen molar-refractivity contribution in [3.8, 4) is 11.4 Å². The second-order valence-electron chi connectivity index (χ2n) is 6.81. The zero-order valence-corrected chi connectivity index (χ0v) is 16.7. The highest BCUT2D eigenvalue weighted by Gasteiger charge is 2.16. The largest absolute Gasteiger partial charge is 0.348 e. The van der Waals surface area contributed by atoms with E-state index < -0.39 is 0 Å². The molecule has 0 aliphatic rings. The fourth-order valence-electron chi connectivity index (χ4n) is 2.84. The highest BCUT2D eigenvalue weighted by atomic mass is 35.5. The molecule has 28 heavy (non-hydrogen) atoms. The average Bonchev–Trinajstić information content (AvgIpc) is 3.16. The fraction of sp³-hybridized carbons (Fsp3) is 0.286. The number of rotatable bonds is 8. The van der Waals surface area contributed by atoms with Crippen LogP contribution in [0.2, 0.25) is 5.02 Å². The lowest BCUT2D eigenvalue weighted by Crippen LogP contribution is -2.35. The zero-order chi connectivity index (χ0) is 19.9. The van der Waals surface area contributed by atoms with E-state index in [1.807, 2.05) is 61.5 Å². The van der Waals surface area contributed by atoms with Crippen LogP contribution in [0.1, 0.15) is 23.9 Å². The minimum absolute atomic E-state index is 0.0538. The number of carbonyl (C=O) groups is 1. The molecule has 1 heterocycles. The summed E-state index contributed by atoms with van der Waals surface area (Å²) in [7, 11) is 3.97. The van der Waals surface area contributed by atoms with Gasteiger partial charge in [-0.3, -0.25) is 4.79 Å². The SMILES string of the molecule is CN(C)C[C@@H](NC(=O)CCc1nc(-c2ccc(Cl)cc2)no1)c1ccccc1. The standard InChI is InChI=1S/C21H23ClN4O2/c1-26(2)14-18(15-6-4-3-5-7-15)23-19(27)12-13-20-24-21(25-28-20)16-8-10-17(22)11-9-16/h3-11,18H,12-14H2,1-2H3,(H,23,27)/t18-/m1/s1. The summed E-state index contributed by atoms with van der Waals surface area (Å²) >= 11 is 5.89. The quantitative estimate of drug-likeness (QED) is 0.625. The first kappa shape index (κ1) is 20.0. The monoisotopic (exact) mass is 398 g/mol. The van der Waals surface area contributed by atoms with Crippen molar-refractivity contribution < 1.29 is 9.32 Å². The van der Waals surface area contributed by atoms with Gasteiger partial charge in [0.15, 0.2) is 0 Å². The molecule has 0 saturated carbocycles. The fourth-order valence-corrected chi connectivity index (χ4v) is 2.97. The lowest BCUT2D eigenvalue weighted by atomic mass is 10.1. The van der Waals surface area contributed by atoms with Crippen molar-refractivity contribution in [2.75, 3.05) is 20.6 Å².